The highest BCUT2D eigenvalue weighted by Crippen LogP contribution is 2.01. The van der Waals surface area contributed by atoms with Gasteiger partial charge in [0.25, 0.3) is 0 Å². The standard InChI is InChI=1S/C10H16N2O/c1-4-8(2)5-11-7-10-12-6-9(3)13-10/h6,11H,2,4-5,7H2,1,3H3. The highest BCUT2D eigenvalue weighted by atomic mass is 16.4. The van der Waals surface area contributed by atoms with E-state index in [2.05, 4.69) is 23.8 Å². The highest BCUT2D eigenvalue weighted by molar-refractivity contribution is 4.96. The van der Waals surface area contributed by atoms with Gasteiger partial charge < -0.3 is 9.73 Å². The summed E-state index contributed by atoms with van der Waals surface area (Å²) in [4.78, 5) is 4.08. The Morgan fingerprint density at radius 1 is 1.69 bits per heavy atom. The lowest BCUT2D eigenvalue weighted by Gasteiger charge is -2.02. The van der Waals surface area contributed by atoms with E-state index < -0.39 is 0 Å². The second-order valence-corrected chi connectivity index (χ2v) is 3.07. The predicted octanol–water partition coefficient (Wildman–Crippen LogP) is 2.04. The zero-order chi connectivity index (χ0) is 9.68. The summed E-state index contributed by atoms with van der Waals surface area (Å²) in [5.41, 5.74) is 1.20. The van der Waals surface area contributed by atoms with Gasteiger partial charge in [-0.05, 0) is 13.3 Å². The summed E-state index contributed by atoms with van der Waals surface area (Å²) in [6.07, 6.45) is 2.74. The normalized spacial score (nSPS) is 10.3. The molecule has 0 amide bonds. The van der Waals surface area contributed by atoms with Crippen LogP contribution in [0.25, 0.3) is 0 Å². The average Bonchev–Trinajstić information content (AvgIpc) is 2.51. The summed E-state index contributed by atoms with van der Waals surface area (Å²) in [6.45, 7) is 9.39. The van der Waals surface area contributed by atoms with Gasteiger partial charge in [0.2, 0.25) is 5.89 Å². The van der Waals surface area contributed by atoms with Crippen LogP contribution in [0.15, 0.2) is 22.8 Å². The van der Waals surface area contributed by atoms with Gasteiger partial charge in [-0.15, -0.1) is 0 Å². The third kappa shape index (κ3) is 3.42. The van der Waals surface area contributed by atoms with Crippen molar-refractivity contribution in [2.75, 3.05) is 6.54 Å². The van der Waals surface area contributed by atoms with E-state index in [9.17, 15) is 0 Å². The molecule has 0 aliphatic rings. The van der Waals surface area contributed by atoms with Gasteiger partial charge in [0.15, 0.2) is 0 Å². The van der Waals surface area contributed by atoms with Gasteiger partial charge in [-0.2, -0.15) is 0 Å². The van der Waals surface area contributed by atoms with Gasteiger partial charge >= 0.3 is 0 Å². The molecule has 13 heavy (non-hydrogen) atoms. The molecule has 1 N–H and O–H groups in total. The molecule has 1 rings (SSSR count). The molecule has 0 aliphatic carbocycles. The second kappa shape index (κ2) is 4.82. The van der Waals surface area contributed by atoms with Crippen molar-refractivity contribution in [2.24, 2.45) is 0 Å². The first kappa shape index (κ1) is 9.99. The lowest BCUT2D eigenvalue weighted by molar-refractivity contribution is 0.453. The molecule has 0 atom stereocenters. The van der Waals surface area contributed by atoms with Crippen LogP contribution in [0.5, 0.6) is 0 Å². The molecule has 1 aromatic rings. The fourth-order valence-corrected chi connectivity index (χ4v) is 0.954. The largest absolute Gasteiger partial charge is 0.445 e. The minimum Gasteiger partial charge on any atom is -0.445 e. The molecule has 3 nitrogen and oxygen atoms in total. The van der Waals surface area contributed by atoms with Crippen molar-refractivity contribution >= 4 is 0 Å². The molecule has 0 aromatic carbocycles. The van der Waals surface area contributed by atoms with E-state index in [4.69, 9.17) is 4.42 Å². The van der Waals surface area contributed by atoms with Crippen molar-refractivity contribution in [3.8, 4) is 0 Å². The zero-order valence-electron chi connectivity index (χ0n) is 8.26. The Morgan fingerprint density at radius 2 is 2.46 bits per heavy atom. The molecule has 0 radical (unpaired) electrons. The first-order chi connectivity index (χ1) is 6.22. The van der Waals surface area contributed by atoms with E-state index in [0.29, 0.717) is 6.54 Å². The third-order valence-electron chi connectivity index (χ3n) is 1.82. The smallest absolute Gasteiger partial charge is 0.208 e. The van der Waals surface area contributed by atoms with Crippen LogP contribution in [-0.2, 0) is 6.54 Å². The Morgan fingerprint density at radius 3 is 3.00 bits per heavy atom. The number of hydrogen-bond acceptors (Lipinski definition) is 3. The minimum absolute atomic E-state index is 0.673. The van der Waals surface area contributed by atoms with E-state index in [1.807, 2.05) is 6.92 Å². The maximum Gasteiger partial charge on any atom is 0.208 e. The maximum atomic E-state index is 5.30. The molecule has 1 heterocycles. The second-order valence-electron chi connectivity index (χ2n) is 3.07. The molecule has 0 unspecified atom stereocenters. The molecule has 0 aliphatic heterocycles. The van der Waals surface area contributed by atoms with Crippen LogP contribution in [0.1, 0.15) is 25.0 Å². The topological polar surface area (TPSA) is 38.1 Å². The summed E-state index contributed by atoms with van der Waals surface area (Å²) in [7, 11) is 0. The summed E-state index contributed by atoms with van der Waals surface area (Å²) in [6, 6.07) is 0. The molecular formula is C10H16N2O. The van der Waals surface area contributed by atoms with Crippen LogP contribution in [0.3, 0.4) is 0 Å². The van der Waals surface area contributed by atoms with Crippen molar-refractivity contribution < 1.29 is 4.42 Å². The number of nitrogens with zero attached hydrogens (tertiary/aromatic N) is 1. The molecular weight excluding hydrogens is 164 g/mol. The Hall–Kier alpha value is -1.09. The van der Waals surface area contributed by atoms with E-state index in [0.717, 1.165) is 24.6 Å². The minimum atomic E-state index is 0.673. The van der Waals surface area contributed by atoms with Crippen molar-refractivity contribution in [1.29, 1.82) is 0 Å². The van der Waals surface area contributed by atoms with E-state index in [1.165, 1.54) is 5.57 Å². The van der Waals surface area contributed by atoms with Crippen LogP contribution in [0, 0.1) is 6.92 Å². The number of aryl methyl sites for hydroxylation is 1. The number of hydrogen-bond donors (Lipinski definition) is 1. The van der Waals surface area contributed by atoms with Crippen molar-refractivity contribution in [3.05, 3.63) is 30.0 Å². The van der Waals surface area contributed by atoms with E-state index in [-0.39, 0.29) is 0 Å². The number of aromatic nitrogens is 1. The van der Waals surface area contributed by atoms with Gasteiger partial charge in [0.1, 0.15) is 5.76 Å². The summed E-state index contributed by atoms with van der Waals surface area (Å²) < 4.78 is 5.30. The Bertz CT molecular complexity index is 278. The molecule has 72 valence electrons. The Kier molecular flexibility index (Phi) is 3.71. The lowest BCUT2D eigenvalue weighted by Crippen LogP contribution is -2.16. The van der Waals surface area contributed by atoms with Crippen LogP contribution in [0.4, 0.5) is 0 Å². The van der Waals surface area contributed by atoms with Crippen LogP contribution in [-0.4, -0.2) is 11.5 Å². The quantitative estimate of drug-likeness (QED) is 0.705. The molecule has 0 saturated heterocycles. The zero-order valence-corrected chi connectivity index (χ0v) is 8.26. The van der Waals surface area contributed by atoms with Crippen LogP contribution < -0.4 is 5.32 Å². The van der Waals surface area contributed by atoms with Crippen LogP contribution >= 0.6 is 0 Å². The van der Waals surface area contributed by atoms with Gasteiger partial charge in [-0.25, -0.2) is 4.98 Å². The first-order valence-electron chi connectivity index (χ1n) is 4.51. The molecule has 0 saturated carbocycles. The fraction of sp³-hybridized carbons (Fsp3) is 0.500. The Labute approximate surface area is 78.9 Å². The van der Waals surface area contributed by atoms with Gasteiger partial charge in [0.05, 0.1) is 12.7 Å². The molecule has 0 spiro atoms. The molecule has 1 aromatic heterocycles. The third-order valence-corrected chi connectivity index (χ3v) is 1.82. The number of oxazole rings is 1. The van der Waals surface area contributed by atoms with E-state index >= 15 is 0 Å². The van der Waals surface area contributed by atoms with Crippen molar-refractivity contribution in [3.63, 3.8) is 0 Å². The Balaban J connectivity index is 2.24. The first-order valence-corrected chi connectivity index (χ1v) is 4.51. The maximum absolute atomic E-state index is 5.30. The summed E-state index contributed by atoms with van der Waals surface area (Å²) in [5.74, 6) is 1.59. The molecule has 0 bridgehead atoms. The lowest BCUT2D eigenvalue weighted by atomic mass is 10.2. The molecule has 3 heteroatoms. The van der Waals surface area contributed by atoms with Gasteiger partial charge in [0, 0.05) is 6.54 Å². The summed E-state index contributed by atoms with van der Waals surface area (Å²) >= 11 is 0. The number of rotatable bonds is 5. The average molecular weight is 180 g/mol. The summed E-state index contributed by atoms with van der Waals surface area (Å²) in [5, 5.41) is 3.21. The van der Waals surface area contributed by atoms with Crippen LogP contribution in [0.2, 0.25) is 0 Å². The van der Waals surface area contributed by atoms with Crippen molar-refractivity contribution in [2.45, 2.75) is 26.8 Å². The fourth-order valence-electron chi connectivity index (χ4n) is 0.954. The monoisotopic (exact) mass is 180 g/mol. The van der Waals surface area contributed by atoms with Gasteiger partial charge in [-0.1, -0.05) is 19.1 Å². The van der Waals surface area contributed by atoms with Crippen molar-refractivity contribution in [1.82, 2.24) is 10.3 Å². The van der Waals surface area contributed by atoms with E-state index in [1.54, 1.807) is 6.20 Å². The van der Waals surface area contributed by atoms with Gasteiger partial charge in [-0.3, -0.25) is 0 Å². The highest BCUT2D eigenvalue weighted by Gasteiger charge is 1.99. The predicted molar refractivity (Wildman–Crippen MR) is 52.4 cm³/mol. The molecule has 0 fully saturated rings. The SMILES string of the molecule is C=C(CC)CNCc1ncc(C)o1. The number of nitrogens with one attached hydrogen (secondary N) is 1.